The second-order valence-electron chi connectivity index (χ2n) is 5.34. The number of ether oxygens (including phenoxy) is 1. The summed E-state index contributed by atoms with van der Waals surface area (Å²) in [6.07, 6.45) is 2.64. The zero-order chi connectivity index (χ0) is 12.9. The van der Waals surface area contributed by atoms with Gasteiger partial charge in [-0.25, -0.2) is 13.1 Å². The van der Waals surface area contributed by atoms with Crippen LogP contribution in [0.1, 0.15) is 33.1 Å². The molecule has 1 unspecified atom stereocenters. The summed E-state index contributed by atoms with van der Waals surface area (Å²) in [6, 6.07) is 0. The molecular weight excluding hydrogens is 306 g/mol. The average molecular weight is 328 g/mol. The molecule has 6 heteroatoms. The van der Waals surface area contributed by atoms with Gasteiger partial charge in [-0.05, 0) is 24.7 Å². The van der Waals surface area contributed by atoms with Gasteiger partial charge in [0, 0.05) is 18.5 Å². The van der Waals surface area contributed by atoms with E-state index in [-0.39, 0.29) is 17.3 Å². The molecule has 1 aliphatic rings. The van der Waals surface area contributed by atoms with E-state index < -0.39 is 10.0 Å². The molecule has 0 bridgehead atoms. The highest BCUT2D eigenvalue weighted by Gasteiger charge is 2.25. The molecular formula is C11H22BrNO3S. The molecule has 0 spiro atoms. The van der Waals surface area contributed by atoms with Crippen LogP contribution < -0.4 is 4.72 Å². The van der Waals surface area contributed by atoms with Gasteiger partial charge in [0.25, 0.3) is 0 Å². The molecule has 1 N–H and O–H groups in total. The number of rotatable bonds is 7. The van der Waals surface area contributed by atoms with Crippen molar-refractivity contribution in [1.82, 2.24) is 4.72 Å². The maximum absolute atomic E-state index is 11.8. The van der Waals surface area contributed by atoms with Gasteiger partial charge in [-0.2, -0.15) is 0 Å². The Morgan fingerprint density at radius 2 is 2.18 bits per heavy atom. The molecule has 0 aliphatic carbocycles. The molecule has 1 rings (SSSR count). The molecule has 0 amide bonds. The molecule has 0 radical (unpaired) electrons. The summed E-state index contributed by atoms with van der Waals surface area (Å²) >= 11 is 3.38. The molecule has 17 heavy (non-hydrogen) atoms. The maximum Gasteiger partial charge on any atom is 0.214 e. The number of alkyl halides is 1. The van der Waals surface area contributed by atoms with Gasteiger partial charge >= 0.3 is 0 Å². The predicted molar refractivity (Wildman–Crippen MR) is 73.0 cm³/mol. The van der Waals surface area contributed by atoms with Crippen LogP contribution in [0.25, 0.3) is 0 Å². The zero-order valence-electron chi connectivity index (χ0n) is 10.5. The highest BCUT2D eigenvalue weighted by Crippen LogP contribution is 2.20. The van der Waals surface area contributed by atoms with E-state index in [0.29, 0.717) is 13.2 Å². The molecule has 1 saturated heterocycles. The highest BCUT2D eigenvalue weighted by molar-refractivity contribution is 9.09. The Balaban J connectivity index is 2.38. The summed E-state index contributed by atoms with van der Waals surface area (Å²) in [5, 5.41) is 0.882. The second kappa shape index (κ2) is 6.50. The van der Waals surface area contributed by atoms with E-state index in [1.165, 1.54) is 0 Å². The van der Waals surface area contributed by atoms with Crippen LogP contribution in [0.5, 0.6) is 0 Å². The van der Waals surface area contributed by atoms with E-state index in [0.717, 1.165) is 24.6 Å². The van der Waals surface area contributed by atoms with Gasteiger partial charge in [0.05, 0.1) is 11.9 Å². The summed E-state index contributed by atoms with van der Waals surface area (Å²) < 4.78 is 31.7. The van der Waals surface area contributed by atoms with Crippen molar-refractivity contribution >= 4 is 26.0 Å². The quantitative estimate of drug-likeness (QED) is 0.726. The zero-order valence-corrected chi connectivity index (χ0v) is 12.9. The van der Waals surface area contributed by atoms with Crippen LogP contribution >= 0.6 is 15.9 Å². The van der Waals surface area contributed by atoms with Crippen LogP contribution in [0.15, 0.2) is 0 Å². The fourth-order valence-electron chi connectivity index (χ4n) is 1.73. The van der Waals surface area contributed by atoms with E-state index >= 15 is 0 Å². The smallest absolute Gasteiger partial charge is 0.214 e. The van der Waals surface area contributed by atoms with Crippen molar-refractivity contribution in [2.24, 2.45) is 5.41 Å². The third-order valence-corrected chi connectivity index (χ3v) is 4.76. The van der Waals surface area contributed by atoms with Crippen molar-refractivity contribution in [3.05, 3.63) is 0 Å². The summed E-state index contributed by atoms with van der Waals surface area (Å²) in [4.78, 5) is 0. The lowest BCUT2D eigenvalue weighted by Gasteiger charge is -2.24. The molecule has 1 atom stereocenters. The van der Waals surface area contributed by atoms with Gasteiger partial charge in [-0.3, -0.25) is 0 Å². The third kappa shape index (κ3) is 6.18. The Labute approximate surface area is 113 Å². The van der Waals surface area contributed by atoms with Crippen molar-refractivity contribution in [2.45, 2.75) is 39.2 Å². The Morgan fingerprint density at radius 1 is 1.47 bits per heavy atom. The van der Waals surface area contributed by atoms with Crippen molar-refractivity contribution in [3.63, 3.8) is 0 Å². The average Bonchev–Trinajstić information content (AvgIpc) is 2.67. The summed E-state index contributed by atoms with van der Waals surface area (Å²) in [5.41, 5.74) is -0.0207. The van der Waals surface area contributed by atoms with E-state index in [4.69, 9.17) is 4.74 Å². The normalized spacial score (nSPS) is 21.9. The number of hydrogen-bond donors (Lipinski definition) is 1. The monoisotopic (exact) mass is 327 g/mol. The van der Waals surface area contributed by atoms with Crippen LogP contribution in [0.2, 0.25) is 0 Å². The molecule has 0 aromatic rings. The van der Waals surface area contributed by atoms with Gasteiger partial charge in [-0.15, -0.1) is 0 Å². The first-order chi connectivity index (χ1) is 7.85. The first-order valence-corrected chi connectivity index (χ1v) is 8.77. The first-order valence-electron chi connectivity index (χ1n) is 5.99. The van der Waals surface area contributed by atoms with Crippen molar-refractivity contribution in [3.8, 4) is 0 Å². The largest absolute Gasteiger partial charge is 0.377 e. The van der Waals surface area contributed by atoms with E-state index in [1.807, 2.05) is 0 Å². The van der Waals surface area contributed by atoms with Crippen molar-refractivity contribution < 1.29 is 13.2 Å². The van der Waals surface area contributed by atoms with Gasteiger partial charge in [0.1, 0.15) is 0 Å². The summed E-state index contributed by atoms with van der Waals surface area (Å²) in [6.45, 7) is 5.29. The van der Waals surface area contributed by atoms with Gasteiger partial charge in [0.2, 0.25) is 10.0 Å². The lowest BCUT2D eigenvalue weighted by atomic mass is 9.91. The number of halogens is 1. The summed E-state index contributed by atoms with van der Waals surface area (Å²) in [5.74, 6) is 0.0946. The lowest BCUT2D eigenvalue weighted by Crippen LogP contribution is -2.38. The molecule has 1 fully saturated rings. The Hall–Kier alpha value is 0.350. The van der Waals surface area contributed by atoms with Crippen molar-refractivity contribution in [2.75, 3.05) is 24.2 Å². The molecule has 0 aromatic heterocycles. The number of nitrogens with one attached hydrogen (secondary N) is 1. The minimum absolute atomic E-state index is 0.0207. The van der Waals surface area contributed by atoms with Gasteiger partial charge in [-0.1, -0.05) is 29.8 Å². The Bertz CT molecular complexity index is 324. The maximum atomic E-state index is 11.8. The van der Waals surface area contributed by atoms with Crippen LogP contribution in [0.3, 0.4) is 0 Å². The first kappa shape index (κ1) is 15.4. The summed E-state index contributed by atoms with van der Waals surface area (Å²) in [7, 11) is -3.21. The molecule has 4 nitrogen and oxygen atoms in total. The number of sulfonamides is 1. The van der Waals surface area contributed by atoms with Crippen LogP contribution in [0.4, 0.5) is 0 Å². The molecule has 1 heterocycles. The van der Waals surface area contributed by atoms with E-state index in [1.54, 1.807) is 0 Å². The van der Waals surface area contributed by atoms with Gasteiger partial charge < -0.3 is 4.74 Å². The van der Waals surface area contributed by atoms with Crippen molar-refractivity contribution in [1.29, 1.82) is 0 Å². The third-order valence-electron chi connectivity index (χ3n) is 2.97. The fraction of sp³-hybridized carbons (Fsp3) is 1.00. The Kier molecular flexibility index (Phi) is 5.89. The van der Waals surface area contributed by atoms with Crippen LogP contribution in [0, 0.1) is 5.41 Å². The van der Waals surface area contributed by atoms with Crippen LogP contribution in [-0.4, -0.2) is 38.8 Å². The molecule has 1 aliphatic heterocycles. The highest BCUT2D eigenvalue weighted by atomic mass is 79.9. The standard InChI is InChI=1S/C11H22BrNO3S/c1-11(2,5-6-12)9-13-17(14,15)8-10-4-3-7-16-10/h10,13H,3-9H2,1-2H3. The SMILES string of the molecule is CC(C)(CCBr)CNS(=O)(=O)CC1CCCO1. The molecule has 0 aromatic carbocycles. The van der Waals surface area contributed by atoms with E-state index in [2.05, 4.69) is 34.5 Å². The van der Waals surface area contributed by atoms with E-state index in [9.17, 15) is 8.42 Å². The lowest BCUT2D eigenvalue weighted by molar-refractivity contribution is 0.127. The molecule has 0 saturated carbocycles. The number of hydrogen-bond acceptors (Lipinski definition) is 3. The minimum atomic E-state index is -3.21. The Morgan fingerprint density at radius 3 is 2.71 bits per heavy atom. The molecule has 102 valence electrons. The van der Waals surface area contributed by atoms with Gasteiger partial charge in [0.15, 0.2) is 0 Å². The minimum Gasteiger partial charge on any atom is -0.377 e. The van der Waals surface area contributed by atoms with Crippen LogP contribution in [-0.2, 0) is 14.8 Å². The fourth-order valence-corrected chi connectivity index (χ4v) is 4.28. The topological polar surface area (TPSA) is 55.4 Å². The predicted octanol–water partition coefficient (Wildman–Crippen LogP) is 1.90. The second-order valence-corrected chi connectivity index (χ2v) is 7.99.